The van der Waals surface area contributed by atoms with Crippen LogP contribution in [0, 0.1) is 0 Å². The zero-order valence-corrected chi connectivity index (χ0v) is 11.5. The molecular weight excluding hydrogens is 225 g/mol. The SMILES string of the molecule is CCCCN(CCCc1ccc(N)cn1)B(C)O. The fourth-order valence-electron chi connectivity index (χ4n) is 1.89. The van der Waals surface area contributed by atoms with Crippen molar-refractivity contribution in [2.45, 2.75) is 39.4 Å². The second kappa shape index (κ2) is 8.11. The summed E-state index contributed by atoms with van der Waals surface area (Å²) in [4.78, 5) is 6.39. The number of anilines is 1. The molecule has 1 aromatic rings. The second-order valence-corrected chi connectivity index (χ2v) is 4.71. The molecular formula is C13H24BN3O. The lowest BCUT2D eigenvalue weighted by molar-refractivity contribution is 0.354. The third-order valence-corrected chi connectivity index (χ3v) is 3.05. The number of nitrogen functional groups attached to an aromatic ring is 1. The van der Waals surface area contributed by atoms with Gasteiger partial charge in [0.2, 0.25) is 0 Å². The van der Waals surface area contributed by atoms with Gasteiger partial charge in [-0.2, -0.15) is 0 Å². The van der Waals surface area contributed by atoms with E-state index in [1.807, 2.05) is 19.0 Å². The highest BCUT2D eigenvalue weighted by Crippen LogP contribution is 2.06. The van der Waals surface area contributed by atoms with E-state index in [4.69, 9.17) is 5.73 Å². The van der Waals surface area contributed by atoms with Crippen LogP contribution in [0.5, 0.6) is 0 Å². The van der Waals surface area contributed by atoms with Gasteiger partial charge in [-0.25, -0.2) is 0 Å². The Morgan fingerprint density at radius 1 is 1.33 bits per heavy atom. The first-order valence-corrected chi connectivity index (χ1v) is 6.76. The van der Waals surface area contributed by atoms with Crippen molar-refractivity contribution < 1.29 is 5.02 Å². The number of pyridine rings is 1. The molecule has 0 unspecified atom stereocenters. The number of hydrogen-bond acceptors (Lipinski definition) is 4. The van der Waals surface area contributed by atoms with Crippen molar-refractivity contribution in [1.82, 2.24) is 9.79 Å². The summed E-state index contributed by atoms with van der Waals surface area (Å²) in [7, 11) is -0.365. The molecule has 0 aliphatic heterocycles. The molecule has 0 bridgehead atoms. The van der Waals surface area contributed by atoms with Gasteiger partial charge in [-0.1, -0.05) is 13.3 Å². The van der Waals surface area contributed by atoms with Crippen LogP contribution in [0.2, 0.25) is 6.82 Å². The van der Waals surface area contributed by atoms with Gasteiger partial charge >= 0.3 is 7.05 Å². The largest absolute Gasteiger partial charge is 0.437 e. The molecule has 0 aliphatic carbocycles. The van der Waals surface area contributed by atoms with Gasteiger partial charge in [0.1, 0.15) is 0 Å². The summed E-state index contributed by atoms with van der Waals surface area (Å²) in [5.74, 6) is 0. The number of rotatable bonds is 8. The van der Waals surface area contributed by atoms with Gasteiger partial charge in [0.25, 0.3) is 0 Å². The molecule has 0 saturated carbocycles. The van der Waals surface area contributed by atoms with Crippen molar-refractivity contribution in [2.75, 3.05) is 18.8 Å². The van der Waals surface area contributed by atoms with E-state index in [0.29, 0.717) is 5.69 Å². The van der Waals surface area contributed by atoms with Crippen LogP contribution in [0.15, 0.2) is 18.3 Å². The molecule has 0 saturated heterocycles. The van der Waals surface area contributed by atoms with Crippen LogP contribution in [0.1, 0.15) is 31.9 Å². The van der Waals surface area contributed by atoms with Crippen molar-refractivity contribution in [3.63, 3.8) is 0 Å². The lowest BCUT2D eigenvalue weighted by Gasteiger charge is -2.22. The molecule has 4 nitrogen and oxygen atoms in total. The summed E-state index contributed by atoms with van der Waals surface area (Å²) in [5.41, 5.74) is 7.36. The fraction of sp³-hybridized carbons (Fsp3) is 0.615. The van der Waals surface area contributed by atoms with Crippen LogP contribution < -0.4 is 5.73 Å². The normalized spacial score (nSPS) is 10.9. The summed E-state index contributed by atoms with van der Waals surface area (Å²) in [6.45, 7) is 5.86. The van der Waals surface area contributed by atoms with E-state index in [2.05, 4.69) is 16.7 Å². The Kier molecular flexibility index (Phi) is 6.76. The van der Waals surface area contributed by atoms with Gasteiger partial charge < -0.3 is 15.6 Å². The Morgan fingerprint density at radius 3 is 2.61 bits per heavy atom. The zero-order chi connectivity index (χ0) is 13.4. The molecule has 3 N–H and O–H groups in total. The number of aromatic nitrogens is 1. The standard InChI is InChI=1S/C13H24BN3O/c1-3-4-9-17(14(2)18)10-5-6-13-8-7-12(15)11-16-13/h7-8,11,18H,3-6,9-10,15H2,1-2H3. The van der Waals surface area contributed by atoms with Crippen molar-refractivity contribution in [1.29, 1.82) is 0 Å². The van der Waals surface area contributed by atoms with Gasteiger partial charge in [-0.15, -0.1) is 0 Å². The van der Waals surface area contributed by atoms with E-state index in [1.165, 1.54) is 0 Å². The first-order valence-electron chi connectivity index (χ1n) is 6.76. The van der Waals surface area contributed by atoms with E-state index >= 15 is 0 Å². The molecule has 0 amide bonds. The Bertz CT molecular complexity index is 330. The van der Waals surface area contributed by atoms with Gasteiger partial charge in [0.05, 0.1) is 11.9 Å². The van der Waals surface area contributed by atoms with Crippen LogP contribution in [0.4, 0.5) is 5.69 Å². The van der Waals surface area contributed by atoms with Crippen LogP contribution in [-0.4, -0.2) is 35.0 Å². The molecule has 1 rings (SSSR count). The molecule has 5 heteroatoms. The smallest absolute Gasteiger partial charge is 0.376 e. The monoisotopic (exact) mass is 249 g/mol. The van der Waals surface area contributed by atoms with Crippen molar-refractivity contribution in [2.24, 2.45) is 0 Å². The van der Waals surface area contributed by atoms with E-state index in [0.717, 1.165) is 44.5 Å². The number of nitrogens with zero attached hydrogens (tertiary/aromatic N) is 2. The van der Waals surface area contributed by atoms with Crippen LogP contribution in [-0.2, 0) is 6.42 Å². The molecule has 100 valence electrons. The van der Waals surface area contributed by atoms with Crippen LogP contribution >= 0.6 is 0 Å². The predicted octanol–water partition coefficient (Wildman–Crippen LogP) is 1.81. The summed E-state index contributed by atoms with van der Waals surface area (Å²) < 4.78 is 0. The number of unbranched alkanes of at least 4 members (excludes halogenated alkanes) is 1. The van der Waals surface area contributed by atoms with Crippen molar-refractivity contribution >= 4 is 12.7 Å². The minimum Gasteiger partial charge on any atom is -0.437 e. The summed E-state index contributed by atoms with van der Waals surface area (Å²) >= 11 is 0. The average Bonchev–Trinajstić information content (AvgIpc) is 2.35. The predicted molar refractivity (Wildman–Crippen MR) is 77.3 cm³/mol. The molecule has 0 fully saturated rings. The van der Waals surface area contributed by atoms with Gasteiger partial charge in [-0.3, -0.25) is 4.98 Å². The maximum atomic E-state index is 9.67. The highest BCUT2D eigenvalue weighted by molar-refractivity contribution is 6.45. The Hall–Kier alpha value is -1.07. The lowest BCUT2D eigenvalue weighted by Crippen LogP contribution is -2.38. The summed E-state index contributed by atoms with van der Waals surface area (Å²) in [6, 6.07) is 3.85. The first kappa shape index (κ1) is 15.0. The second-order valence-electron chi connectivity index (χ2n) is 4.71. The fourth-order valence-corrected chi connectivity index (χ4v) is 1.89. The highest BCUT2D eigenvalue weighted by Gasteiger charge is 2.14. The lowest BCUT2D eigenvalue weighted by atomic mass is 9.84. The molecule has 1 heterocycles. The Balaban J connectivity index is 2.31. The highest BCUT2D eigenvalue weighted by atomic mass is 16.2. The summed E-state index contributed by atoms with van der Waals surface area (Å²) in [6.07, 6.45) is 5.91. The maximum absolute atomic E-state index is 9.67. The number of nitrogens with two attached hydrogens (primary N) is 1. The maximum Gasteiger partial charge on any atom is 0.376 e. The molecule has 0 aromatic carbocycles. The van der Waals surface area contributed by atoms with E-state index < -0.39 is 0 Å². The Labute approximate surface area is 110 Å². The van der Waals surface area contributed by atoms with E-state index in [1.54, 1.807) is 6.20 Å². The zero-order valence-electron chi connectivity index (χ0n) is 11.5. The number of aryl methyl sites for hydroxylation is 1. The average molecular weight is 249 g/mol. The molecule has 0 radical (unpaired) electrons. The van der Waals surface area contributed by atoms with E-state index in [-0.39, 0.29) is 7.05 Å². The third kappa shape index (κ3) is 5.51. The van der Waals surface area contributed by atoms with Crippen LogP contribution in [0.25, 0.3) is 0 Å². The molecule has 0 aliphatic rings. The van der Waals surface area contributed by atoms with E-state index in [9.17, 15) is 5.02 Å². The minimum atomic E-state index is -0.365. The van der Waals surface area contributed by atoms with Gasteiger partial charge in [0.15, 0.2) is 0 Å². The molecule has 0 spiro atoms. The minimum absolute atomic E-state index is 0.365. The number of hydrogen-bond donors (Lipinski definition) is 2. The topological polar surface area (TPSA) is 62.4 Å². The third-order valence-electron chi connectivity index (χ3n) is 3.05. The summed E-state index contributed by atoms with van der Waals surface area (Å²) in [5, 5.41) is 9.67. The molecule has 18 heavy (non-hydrogen) atoms. The molecule has 1 aromatic heterocycles. The quantitative estimate of drug-likeness (QED) is 0.690. The van der Waals surface area contributed by atoms with Crippen molar-refractivity contribution in [3.05, 3.63) is 24.0 Å². The molecule has 0 atom stereocenters. The van der Waals surface area contributed by atoms with Gasteiger partial charge in [0, 0.05) is 5.69 Å². The Morgan fingerprint density at radius 2 is 2.06 bits per heavy atom. The first-order chi connectivity index (χ1) is 8.63. The van der Waals surface area contributed by atoms with Gasteiger partial charge in [-0.05, 0) is 51.3 Å². The van der Waals surface area contributed by atoms with Crippen LogP contribution in [0.3, 0.4) is 0 Å². The van der Waals surface area contributed by atoms with Crippen molar-refractivity contribution in [3.8, 4) is 0 Å².